The van der Waals surface area contributed by atoms with E-state index < -0.39 is 0 Å². The standard InChI is InChI=1S/C18H12Cl3N3O2S2/c19-10-5-6-14(13(21)7-10)26-8-15-22-23-18(28-15)24-16(25)9-27-17(24)11-3-1-2-4-12(11)20/h1-7,17H,8-9H2. The van der Waals surface area contributed by atoms with Crippen LogP contribution in [0.5, 0.6) is 5.75 Å². The number of thioether (sulfide) groups is 1. The molecule has 144 valence electrons. The van der Waals surface area contributed by atoms with Gasteiger partial charge in [-0.3, -0.25) is 9.69 Å². The molecule has 0 spiro atoms. The van der Waals surface area contributed by atoms with Crippen LogP contribution in [0.2, 0.25) is 15.1 Å². The zero-order valence-corrected chi connectivity index (χ0v) is 18.0. The van der Waals surface area contributed by atoms with Crippen molar-refractivity contribution in [2.45, 2.75) is 12.0 Å². The van der Waals surface area contributed by atoms with E-state index in [1.807, 2.05) is 24.3 Å². The maximum atomic E-state index is 12.5. The van der Waals surface area contributed by atoms with E-state index in [1.54, 1.807) is 23.1 Å². The van der Waals surface area contributed by atoms with Crippen molar-refractivity contribution in [1.82, 2.24) is 10.2 Å². The van der Waals surface area contributed by atoms with Crippen molar-refractivity contribution < 1.29 is 9.53 Å². The van der Waals surface area contributed by atoms with Gasteiger partial charge in [-0.05, 0) is 24.3 Å². The van der Waals surface area contributed by atoms with E-state index >= 15 is 0 Å². The summed E-state index contributed by atoms with van der Waals surface area (Å²) in [6.07, 6.45) is 0. The van der Waals surface area contributed by atoms with E-state index in [2.05, 4.69) is 10.2 Å². The Bertz CT molecular complexity index is 1030. The van der Waals surface area contributed by atoms with E-state index in [4.69, 9.17) is 39.5 Å². The number of ether oxygens (including phenoxy) is 1. The van der Waals surface area contributed by atoms with Gasteiger partial charge in [0, 0.05) is 15.6 Å². The van der Waals surface area contributed by atoms with Crippen LogP contribution in [0.15, 0.2) is 42.5 Å². The summed E-state index contributed by atoms with van der Waals surface area (Å²) in [6, 6.07) is 12.5. The van der Waals surface area contributed by atoms with E-state index in [0.717, 1.165) is 5.56 Å². The van der Waals surface area contributed by atoms with Gasteiger partial charge in [-0.1, -0.05) is 64.3 Å². The Morgan fingerprint density at radius 3 is 2.71 bits per heavy atom. The van der Waals surface area contributed by atoms with Crippen LogP contribution in [-0.2, 0) is 11.4 Å². The van der Waals surface area contributed by atoms with Gasteiger partial charge >= 0.3 is 0 Å². The van der Waals surface area contributed by atoms with Crippen molar-refractivity contribution in [3.05, 3.63) is 68.1 Å². The second-order valence-corrected chi connectivity index (χ2v) is 9.15. The van der Waals surface area contributed by atoms with Gasteiger partial charge in [0.2, 0.25) is 11.0 Å². The minimum atomic E-state index is -0.228. The van der Waals surface area contributed by atoms with Gasteiger partial charge in [0.05, 0.1) is 10.8 Å². The number of hydrogen-bond acceptors (Lipinski definition) is 6. The molecule has 1 aliphatic rings. The topological polar surface area (TPSA) is 55.3 Å². The highest BCUT2D eigenvalue weighted by Crippen LogP contribution is 2.44. The van der Waals surface area contributed by atoms with Crippen LogP contribution in [0, 0.1) is 0 Å². The first-order valence-corrected chi connectivity index (χ1v) is 11.1. The SMILES string of the molecule is O=C1CSC(c2ccccc2Cl)N1c1nnc(COc2ccc(Cl)cc2Cl)s1. The molecule has 1 unspecified atom stereocenters. The summed E-state index contributed by atoms with van der Waals surface area (Å²) in [5.74, 6) is 0.839. The fourth-order valence-corrected chi connectivity index (χ4v) is 5.49. The zero-order chi connectivity index (χ0) is 19.7. The molecule has 28 heavy (non-hydrogen) atoms. The van der Waals surface area contributed by atoms with Crippen LogP contribution in [-0.4, -0.2) is 21.9 Å². The molecular weight excluding hydrogens is 461 g/mol. The smallest absolute Gasteiger partial charge is 0.240 e. The van der Waals surface area contributed by atoms with Gasteiger partial charge in [-0.25, -0.2) is 0 Å². The average Bonchev–Trinajstić information content (AvgIpc) is 3.28. The van der Waals surface area contributed by atoms with Gasteiger partial charge in [0.15, 0.2) is 5.01 Å². The first-order valence-electron chi connectivity index (χ1n) is 8.11. The molecule has 1 fully saturated rings. The highest BCUT2D eigenvalue weighted by Gasteiger charge is 2.37. The van der Waals surface area contributed by atoms with Crippen LogP contribution in [0.1, 0.15) is 15.9 Å². The minimum absolute atomic E-state index is 0.0284. The maximum absolute atomic E-state index is 12.5. The lowest BCUT2D eigenvalue weighted by Crippen LogP contribution is -2.27. The lowest BCUT2D eigenvalue weighted by atomic mass is 10.2. The number of nitrogens with zero attached hydrogens (tertiary/aromatic N) is 3. The Morgan fingerprint density at radius 2 is 1.93 bits per heavy atom. The predicted molar refractivity (Wildman–Crippen MR) is 115 cm³/mol. The van der Waals surface area contributed by atoms with E-state index in [0.29, 0.717) is 36.7 Å². The number of carbonyl (C=O) groups is 1. The molecule has 1 aliphatic heterocycles. The fraction of sp³-hybridized carbons (Fsp3) is 0.167. The van der Waals surface area contributed by atoms with Crippen LogP contribution < -0.4 is 9.64 Å². The summed E-state index contributed by atoms with van der Waals surface area (Å²) in [5.41, 5.74) is 0.876. The molecule has 0 bridgehead atoms. The monoisotopic (exact) mass is 471 g/mol. The third-order valence-corrected chi connectivity index (χ3v) is 6.91. The second kappa shape index (κ2) is 8.47. The molecule has 0 aliphatic carbocycles. The third kappa shape index (κ3) is 4.09. The third-order valence-electron chi connectivity index (χ3n) is 3.95. The van der Waals surface area contributed by atoms with Crippen molar-refractivity contribution in [1.29, 1.82) is 0 Å². The molecule has 10 heteroatoms. The molecule has 0 radical (unpaired) electrons. The Labute approximate surface area is 184 Å². The quantitative estimate of drug-likeness (QED) is 0.466. The van der Waals surface area contributed by atoms with E-state index in [9.17, 15) is 4.79 Å². The average molecular weight is 473 g/mol. The molecule has 1 saturated heterocycles. The number of hydrogen-bond donors (Lipinski definition) is 0. The van der Waals surface area contributed by atoms with Crippen LogP contribution in [0.25, 0.3) is 0 Å². The number of aromatic nitrogens is 2. The molecule has 2 aromatic carbocycles. The molecule has 4 rings (SSSR count). The Hall–Kier alpha value is -1.51. The minimum Gasteiger partial charge on any atom is -0.485 e. The molecule has 1 amide bonds. The van der Waals surface area contributed by atoms with Gasteiger partial charge < -0.3 is 4.74 Å². The first kappa shape index (κ1) is 19.8. The number of rotatable bonds is 5. The molecule has 5 nitrogen and oxygen atoms in total. The highest BCUT2D eigenvalue weighted by atomic mass is 35.5. The molecule has 1 atom stereocenters. The number of amides is 1. The summed E-state index contributed by atoms with van der Waals surface area (Å²) >= 11 is 21.1. The summed E-state index contributed by atoms with van der Waals surface area (Å²) in [7, 11) is 0. The molecule has 1 aromatic heterocycles. The van der Waals surface area contributed by atoms with Gasteiger partial charge in [0.25, 0.3) is 0 Å². The number of anilines is 1. The van der Waals surface area contributed by atoms with Crippen molar-refractivity contribution in [2.75, 3.05) is 10.7 Å². The largest absolute Gasteiger partial charge is 0.485 e. The highest BCUT2D eigenvalue weighted by molar-refractivity contribution is 8.00. The lowest BCUT2D eigenvalue weighted by Gasteiger charge is -2.21. The summed E-state index contributed by atoms with van der Waals surface area (Å²) in [6.45, 7) is 0.185. The van der Waals surface area contributed by atoms with Crippen LogP contribution >= 0.6 is 57.9 Å². The van der Waals surface area contributed by atoms with Gasteiger partial charge in [0.1, 0.15) is 17.7 Å². The molecule has 3 aromatic rings. The van der Waals surface area contributed by atoms with Crippen LogP contribution in [0.3, 0.4) is 0 Å². The summed E-state index contributed by atoms with van der Waals surface area (Å²) in [4.78, 5) is 14.1. The Kier molecular flexibility index (Phi) is 5.99. The maximum Gasteiger partial charge on any atom is 0.240 e. The number of benzene rings is 2. The predicted octanol–water partition coefficient (Wildman–Crippen LogP) is 5.86. The summed E-state index contributed by atoms with van der Waals surface area (Å²) < 4.78 is 5.70. The lowest BCUT2D eigenvalue weighted by molar-refractivity contribution is -0.115. The molecular formula is C18H12Cl3N3O2S2. The normalized spacial score (nSPS) is 16.6. The van der Waals surface area contributed by atoms with E-state index in [1.165, 1.54) is 23.1 Å². The first-order chi connectivity index (χ1) is 13.5. The van der Waals surface area contributed by atoms with Crippen molar-refractivity contribution >= 4 is 68.9 Å². The van der Waals surface area contributed by atoms with Crippen molar-refractivity contribution in [3.63, 3.8) is 0 Å². The van der Waals surface area contributed by atoms with Gasteiger partial charge in [-0.15, -0.1) is 22.0 Å². The van der Waals surface area contributed by atoms with Crippen molar-refractivity contribution in [3.8, 4) is 5.75 Å². The second-order valence-electron chi connectivity index (χ2n) is 5.79. The molecule has 0 N–H and O–H groups in total. The number of carbonyl (C=O) groups excluding carboxylic acids is 1. The van der Waals surface area contributed by atoms with E-state index in [-0.39, 0.29) is 17.9 Å². The van der Waals surface area contributed by atoms with Crippen molar-refractivity contribution in [2.24, 2.45) is 0 Å². The fourth-order valence-electron chi connectivity index (χ4n) is 2.67. The Balaban J connectivity index is 1.52. The number of halogens is 3. The zero-order valence-electron chi connectivity index (χ0n) is 14.1. The van der Waals surface area contributed by atoms with Crippen LogP contribution in [0.4, 0.5) is 5.13 Å². The summed E-state index contributed by atoms with van der Waals surface area (Å²) in [5, 5.41) is 10.8. The molecule has 2 heterocycles. The molecule has 0 saturated carbocycles. The Morgan fingerprint density at radius 1 is 1.11 bits per heavy atom. The van der Waals surface area contributed by atoms with Gasteiger partial charge in [-0.2, -0.15) is 0 Å².